The summed E-state index contributed by atoms with van der Waals surface area (Å²) in [6.45, 7) is 5.49. The molecule has 3 aromatic carbocycles. The van der Waals surface area contributed by atoms with Gasteiger partial charge in [-0.1, -0.05) is 45.0 Å². The molecule has 13 heteroatoms. The quantitative estimate of drug-likeness (QED) is 0.227. The molecule has 0 aromatic heterocycles. The summed E-state index contributed by atoms with van der Waals surface area (Å²) in [6.07, 6.45) is -14.3. The molecule has 0 amide bonds. The third kappa shape index (κ3) is 6.17. The van der Waals surface area contributed by atoms with Crippen molar-refractivity contribution in [3.63, 3.8) is 0 Å². The van der Waals surface area contributed by atoms with Gasteiger partial charge >= 0.3 is 18.5 Å². The topological polar surface area (TPSA) is 38.7 Å². The van der Waals surface area contributed by atoms with Crippen LogP contribution in [0.15, 0.2) is 71.7 Å². The number of halogens is 9. The first kappa shape index (κ1) is 30.7. The van der Waals surface area contributed by atoms with Gasteiger partial charge in [-0.2, -0.15) is 39.5 Å². The van der Waals surface area contributed by atoms with E-state index in [-0.39, 0.29) is 34.0 Å². The molecule has 1 atom stereocenters. The highest BCUT2D eigenvalue weighted by molar-refractivity contribution is 7.85. The minimum absolute atomic E-state index is 0.000615. The highest BCUT2D eigenvalue weighted by Crippen LogP contribution is 2.46. The maximum absolute atomic E-state index is 15.0. The first-order valence-electron chi connectivity index (χ1n) is 12.1. The summed E-state index contributed by atoms with van der Waals surface area (Å²) < 4.78 is 141. The Morgan fingerprint density at radius 3 is 1.46 bits per heavy atom. The first-order chi connectivity index (χ1) is 18.7. The van der Waals surface area contributed by atoms with Gasteiger partial charge in [0.15, 0.2) is 7.14 Å². The van der Waals surface area contributed by atoms with Crippen LogP contribution < -0.4 is 15.9 Å². The highest BCUT2D eigenvalue weighted by Gasteiger charge is 2.41. The molecule has 0 fully saturated rings. The van der Waals surface area contributed by atoms with Crippen molar-refractivity contribution in [2.45, 2.75) is 45.3 Å². The summed E-state index contributed by atoms with van der Waals surface area (Å²) in [4.78, 5) is 4.42. The van der Waals surface area contributed by atoms with Gasteiger partial charge < -0.3 is 9.30 Å². The van der Waals surface area contributed by atoms with E-state index in [0.29, 0.717) is 36.4 Å². The number of hydrogen-bond acceptors (Lipinski definition) is 3. The lowest BCUT2D eigenvalue weighted by Crippen LogP contribution is -2.30. The highest BCUT2D eigenvalue weighted by atomic mass is 31.2. The number of rotatable bonds is 4. The van der Waals surface area contributed by atoms with E-state index in [9.17, 15) is 39.5 Å². The molecular weight excluding hydrogens is 584 g/mol. The van der Waals surface area contributed by atoms with Crippen LogP contribution in [-0.4, -0.2) is 18.5 Å². The number of hydrogen-bond donors (Lipinski definition) is 0. The average Bonchev–Trinajstić information content (AvgIpc) is 3.38. The molecule has 0 bridgehead atoms. The fourth-order valence-corrected chi connectivity index (χ4v) is 7.05. The zero-order valence-corrected chi connectivity index (χ0v) is 22.6. The van der Waals surface area contributed by atoms with Crippen molar-refractivity contribution >= 4 is 29.0 Å². The molecule has 1 heterocycles. The summed E-state index contributed by atoms with van der Waals surface area (Å²) in [5.74, 6) is -0.259. The molecule has 4 rings (SSSR count). The molecule has 0 unspecified atom stereocenters. The molecule has 1 aliphatic heterocycles. The molecule has 0 saturated heterocycles. The Balaban J connectivity index is 2.02. The Labute approximate surface area is 229 Å². The van der Waals surface area contributed by atoms with Gasteiger partial charge in [-0.3, -0.25) is 0 Å². The largest absolute Gasteiger partial charge is 0.475 e. The zero-order chi connectivity index (χ0) is 30.6. The lowest BCUT2D eigenvalue weighted by atomic mass is 9.88. The van der Waals surface area contributed by atoms with Crippen molar-refractivity contribution in [1.29, 1.82) is 0 Å². The van der Waals surface area contributed by atoms with Crippen LogP contribution in [0.2, 0.25) is 0 Å². The third-order valence-corrected chi connectivity index (χ3v) is 9.78. The van der Waals surface area contributed by atoms with Gasteiger partial charge in [-0.15, -0.1) is 0 Å². The number of aliphatic imine (C=N–C) groups is 1. The van der Waals surface area contributed by atoms with E-state index < -0.39 is 53.8 Å². The van der Waals surface area contributed by atoms with E-state index in [2.05, 4.69) is 4.99 Å². The van der Waals surface area contributed by atoms with Crippen molar-refractivity contribution in [2.75, 3.05) is 6.61 Å². The van der Waals surface area contributed by atoms with Crippen molar-refractivity contribution in [1.82, 2.24) is 0 Å². The van der Waals surface area contributed by atoms with Crippen LogP contribution in [0.1, 0.15) is 43.0 Å². The normalized spacial score (nSPS) is 16.9. The van der Waals surface area contributed by atoms with Gasteiger partial charge in [-0.25, -0.2) is 4.99 Å². The lowest BCUT2D eigenvalue weighted by molar-refractivity contribution is -0.138. The minimum Gasteiger partial charge on any atom is -0.475 e. The number of benzene rings is 3. The van der Waals surface area contributed by atoms with Crippen LogP contribution >= 0.6 is 7.14 Å². The Morgan fingerprint density at radius 2 is 1.10 bits per heavy atom. The van der Waals surface area contributed by atoms with E-state index in [4.69, 9.17) is 4.74 Å². The van der Waals surface area contributed by atoms with Crippen molar-refractivity contribution in [3.05, 3.63) is 89.0 Å². The van der Waals surface area contributed by atoms with Crippen LogP contribution in [0.4, 0.5) is 39.5 Å². The Hall–Kier alpha value is -3.27. The summed E-state index contributed by atoms with van der Waals surface area (Å²) >= 11 is 0. The molecule has 0 saturated carbocycles. The maximum Gasteiger partial charge on any atom is 0.416 e. The molecule has 0 aliphatic carbocycles. The summed E-state index contributed by atoms with van der Waals surface area (Å²) in [7, 11) is -4.41. The van der Waals surface area contributed by atoms with E-state index in [1.165, 1.54) is 0 Å². The predicted octanol–water partition coefficient (Wildman–Crippen LogP) is 7.57. The van der Waals surface area contributed by atoms with Crippen LogP contribution in [-0.2, 0) is 27.8 Å². The number of alkyl halides is 9. The minimum atomic E-state index is -4.83. The van der Waals surface area contributed by atoms with Gasteiger partial charge in [-0.05, 0) is 47.9 Å². The van der Waals surface area contributed by atoms with Gasteiger partial charge in [0.1, 0.15) is 6.61 Å². The monoisotopic (exact) mass is 607 g/mol. The van der Waals surface area contributed by atoms with Gasteiger partial charge in [0.25, 0.3) is 0 Å². The Kier molecular flexibility index (Phi) is 7.65. The molecule has 3 aromatic rings. The second-order valence-electron chi connectivity index (χ2n) is 10.6. The second-order valence-corrected chi connectivity index (χ2v) is 13.3. The van der Waals surface area contributed by atoms with E-state index in [1.54, 1.807) is 0 Å². The fraction of sp³-hybridized carbons (Fsp3) is 0.321. The predicted molar refractivity (Wildman–Crippen MR) is 137 cm³/mol. The zero-order valence-electron chi connectivity index (χ0n) is 21.7. The molecule has 0 N–H and O–H groups in total. The number of ether oxygens (including phenoxy) is 1. The third-order valence-electron chi connectivity index (χ3n) is 6.66. The molecular formula is C28H23F9NO2P. The summed E-state index contributed by atoms with van der Waals surface area (Å²) in [5, 5.41) is -0.757. The van der Waals surface area contributed by atoms with Crippen LogP contribution in [0.3, 0.4) is 0 Å². The SMILES string of the molecule is CC(C)(C)[C@H]1COC(c2cc(C(F)(F)F)ccc2P(=O)(c2ccc(C(F)(F)F)cc2)c2ccc(C(F)(F)F)cc2)=N1. The molecule has 41 heavy (non-hydrogen) atoms. The molecule has 0 spiro atoms. The van der Waals surface area contributed by atoms with Crippen LogP contribution in [0.25, 0.3) is 0 Å². The lowest BCUT2D eigenvalue weighted by Gasteiger charge is -2.24. The van der Waals surface area contributed by atoms with Crippen LogP contribution in [0.5, 0.6) is 0 Å². The Bertz CT molecular complexity index is 1440. The summed E-state index contributed by atoms with van der Waals surface area (Å²) in [6, 6.07) is 7.94. The van der Waals surface area contributed by atoms with Gasteiger partial charge in [0.2, 0.25) is 5.90 Å². The van der Waals surface area contributed by atoms with Crippen molar-refractivity contribution < 1.29 is 48.8 Å². The van der Waals surface area contributed by atoms with Crippen LogP contribution in [0, 0.1) is 5.41 Å². The summed E-state index contributed by atoms with van der Waals surface area (Å²) in [5.41, 5.74) is -4.08. The van der Waals surface area contributed by atoms with Crippen molar-refractivity contribution in [3.8, 4) is 0 Å². The van der Waals surface area contributed by atoms with E-state index >= 15 is 4.57 Å². The average molecular weight is 607 g/mol. The number of nitrogens with zero attached hydrogens (tertiary/aromatic N) is 1. The van der Waals surface area contributed by atoms with Crippen molar-refractivity contribution in [2.24, 2.45) is 10.4 Å². The molecule has 0 radical (unpaired) electrons. The molecule has 1 aliphatic rings. The van der Waals surface area contributed by atoms with Gasteiger partial charge in [0.05, 0.1) is 22.7 Å². The molecule has 3 nitrogen and oxygen atoms in total. The van der Waals surface area contributed by atoms with E-state index in [0.717, 1.165) is 30.3 Å². The smallest absolute Gasteiger partial charge is 0.416 e. The van der Waals surface area contributed by atoms with Gasteiger partial charge in [0, 0.05) is 21.5 Å². The van der Waals surface area contributed by atoms with E-state index in [1.807, 2.05) is 20.8 Å². The second kappa shape index (κ2) is 10.2. The maximum atomic E-state index is 15.0. The standard InChI is InChI=1S/C28H23F9NO2P/c1-25(2,3)23-15-40-24(38-23)21-14-18(28(35,36)37)8-13-22(21)41(39,19-9-4-16(5-10-19)26(29,30)31)20-11-6-17(7-12-20)27(32,33)34/h4-14,23H,15H2,1-3H3/t23-/m1/s1. The fourth-order valence-electron chi connectivity index (χ4n) is 4.27. The first-order valence-corrected chi connectivity index (χ1v) is 13.8. The molecule has 220 valence electrons. The Morgan fingerprint density at radius 1 is 0.683 bits per heavy atom.